The molecule has 0 saturated carbocycles. The first-order valence-electron chi connectivity index (χ1n) is 29.4. The van der Waals surface area contributed by atoms with E-state index in [9.17, 15) is 14.4 Å². The molecule has 71 heavy (non-hydrogen) atoms. The van der Waals surface area contributed by atoms with Gasteiger partial charge in [-0.1, -0.05) is 252 Å². The Morgan fingerprint density at radius 3 is 0.859 bits per heavy atom. The largest absolute Gasteiger partial charge is 0.462 e. The van der Waals surface area contributed by atoms with Crippen molar-refractivity contribution < 1.29 is 28.6 Å². The molecule has 1 atom stereocenters. The third-order valence-electron chi connectivity index (χ3n) is 12.3. The minimum atomic E-state index is -0.784. The molecule has 6 heteroatoms. The first-order chi connectivity index (χ1) is 35.0. The van der Waals surface area contributed by atoms with E-state index in [4.69, 9.17) is 14.2 Å². The number of rotatable bonds is 52. The summed E-state index contributed by atoms with van der Waals surface area (Å²) in [6, 6.07) is 0. The third-order valence-corrected chi connectivity index (χ3v) is 12.3. The quantitative estimate of drug-likeness (QED) is 0.0261. The van der Waals surface area contributed by atoms with Crippen LogP contribution in [-0.4, -0.2) is 37.2 Å². The molecular weight excluding hydrogens is 877 g/mol. The summed E-state index contributed by atoms with van der Waals surface area (Å²) in [5.74, 6) is -0.904. The molecule has 0 radical (unpaired) electrons. The fourth-order valence-electron chi connectivity index (χ4n) is 7.93. The number of hydrogen-bond donors (Lipinski definition) is 0. The highest BCUT2D eigenvalue weighted by atomic mass is 16.6. The highest BCUT2D eigenvalue weighted by Gasteiger charge is 2.19. The second kappa shape index (κ2) is 58.6. The molecule has 0 heterocycles. The summed E-state index contributed by atoms with van der Waals surface area (Å²) in [5.41, 5.74) is 0. The van der Waals surface area contributed by atoms with Gasteiger partial charge < -0.3 is 14.2 Å². The molecule has 0 bridgehead atoms. The van der Waals surface area contributed by atoms with E-state index in [1.807, 2.05) is 0 Å². The van der Waals surface area contributed by atoms with Gasteiger partial charge in [0.2, 0.25) is 0 Å². The van der Waals surface area contributed by atoms with Gasteiger partial charge in [-0.25, -0.2) is 0 Å². The molecule has 0 aliphatic rings. The molecule has 0 fully saturated rings. The van der Waals surface area contributed by atoms with Gasteiger partial charge in [0.1, 0.15) is 13.2 Å². The predicted molar refractivity (Wildman–Crippen MR) is 307 cm³/mol. The van der Waals surface area contributed by atoms with Gasteiger partial charge in [-0.3, -0.25) is 14.4 Å². The minimum absolute atomic E-state index is 0.0835. The first kappa shape index (κ1) is 67.1. The second-order valence-corrected chi connectivity index (χ2v) is 19.1. The first-order valence-corrected chi connectivity index (χ1v) is 29.4. The molecule has 0 aromatic heterocycles. The number of ether oxygens (including phenoxy) is 3. The van der Waals surface area contributed by atoms with Crippen molar-refractivity contribution in [2.24, 2.45) is 0 Å². The van der Waals surface area contributed by atoms with Crippen molar-refractivity contribution in [3.8, 4) is 0 Å². The maximum atomic E-state index is 12.8. The lowest BCUT2D eigenvalue weighted by Crippen LogP contribution is -2.30. The number of esters is 3. The lowest BCUT2D eigenvalue weighted by molar-refractivity contribution is -0.167. The Morgan fingerprint density at radius 2 is 0.549 bits per heavy atom. The standard InChI is InChI=1S/C65H108O6/c1-4-7-10-13-16-18-20-22-24-26-28-30-32-34-36-38-40-42-44-46-49-52-55-58-64(67)70-61-62(60-69-63(66)57-54-51-48-15-12-9-6-3)71-65(68)59-56-53-50-47-45-43-41-39-37-35-33-31-29-27-25-23-21-19-17-14-11-8-5-2/h7-8,10-11,16-19,22-25,28-31,34,36,62H,4-6,9,12-15,20-21,26-27,32-33,35,37-61H2,1-3H3/b10-7-,11-8-,18-16-,19-17-,24-22-,25-23-,30-28-,31-29-,36-34-. The van der Waals surface area contributed by atoms with Gasteiger partial charge >= 0.3 is 17.9 Å². The van der Waals surface area contributed by atoms with Crippen molar-refractivity contribution in [2.75, 3.05) is 13.2 Å². The van der Waals surface area contributed by atoms with E-state index in [0.29, 0.717) is 19.3 Å². The summed E-state index contributed by atoms with van der Waals surface area (Å²) in [5, 5.41) is 0. The molecule has 1 unspecified atom stereocenters. The second-order valence-electron chi connectivity index (χ2n) is 19.1. The minimum Gasteiger partial charge on any atom is -0.462 e. The fourth-order valence-corrected chi connectivity index (χ4v) is 7.93. The van der Waals surface area contributed by atoms with E-state index in [1.165, 1.54) is 103 Å². The van der Waals surface area contributed by atoms with Gasteiger partial charge in [0.25, 0.3) is 0 Å². The summed E-state index contributed by atoms with van der Waals surface area (Å²) in [7, 11) is 0. The third kappa shape index (κ3) is 56.9. The molecule has 0 rings (SSSR count). The Hall–Kier alpha value is -3.93. The Balaban J connectivity index is 4.23. The van der Waals surface area contributed by atoms with E-state index >= 15 is 0 Å². The molecule has 0 amide bonds. The molecule has 404 valence electrons. The maximum absolute atomic E-state index is 12.8. The SMILES string of the molecule is CC/C=C\C/C=C\C/C=C\C/C=C\C/C=C\CCCCCCCCCC(=O)OCC(COC(=O)CCCCCCCCC)OC(=O)CCCCCCCCCCCC/C=C\C/C=C\C/C=C\C/C=C\CC. The average molecular weight is 986 g/mol. The molecular formula is C65H108O6. The van der Waals surface area contributed by atoms with Crippen molar-refractivity contribution in [2.45, 2.75) is 271 Å². The number of carbonyl (C=O) groups is 3. The number of hydrogen-bond acceptors (Lipinski definition) is 6. The predicted octanol–water partition coefficient (Wildman–Crippen LogP) is 19.9. The molecule has 6 nitrogen and oxygen atoms in total. The topological polar surface area (TPSA) is 78.9 Å². The van der Waals surface area contributed by atoms with Crippen molar-refractivity contribution >= 4 is 17.9 Å². The summed E-state index contributed by atoms with van der Waals surface area (Å²) >= 11 is 0. The van der Waals surface area contributed by atoms with Gasteiger partial charge in [-0.05, 0) is 103 Å². The van der Waals surface area contributed by atoms with Crippen LogP contribution in [0.15, 0.2) is 109 Å². The van der Waals surface area contributed by atoms with E-state index in [0.717, 1.165) is 122 Å². The van der Waals surface area contributed by atoms with E-state index in [2.05, 4.69) is 130 Å². The van der Waals surface area contributed by atoms with Crippen LogP contribution in [0.3, 0.4) is 0 Å². The summed E-state index contributed by atoms with van der Waals surface area (Å²) in [4.78, 5) is 38.0. The highest BCUT2D eigenvalue weighted by molar-refractivity contribution is 5.71. The van der Waals surface area contributed by atoms with E-state index in [-0.39, 0.29) is 31.1 Å². The Bertz CT molecular complexity index is 1460. The Kier molecular flexibility index (Phi) is 55.4. The van der Waals surface area contributed by atoms with Crippen LogP contribution in [0.1, 0.15) is 265 Å². The highest BCUT2D eigenvalue weighted by Crippen LogP contribution is 2.15. The number of unbranched alkanes of at least 4 members (excludes halogenated alkanes) is 23. The van der Waals surface area contributed by atoms with Crippen LogP contribution >= 0.6 is 0 Å². The molecule has 0 aromatic rings. The van der Waals surface area contributed by atoms with Gasteiger partial charge in [-0.2, -0.15) is 0 Å². The van der Waals surface area contributed by atoms with Crippen molar-refractivity contribution in [3.05, 3.63) is 109 Å². The van der Waals surface area contributed by atoms with Crippen molar-refractivity contribution in [1.82, 2.24) is 0 Å². The van der Waals surface area contributed by atoms with Crippen LogP contribution in [0.4, 0.5) is 0 Å². The zero-order chi connectivity index (χ0) is 51.4. The Labute approximate surface area is 438 Å². The monoisotopic (exact) mass is 985 g/mol. The van der Waals surface area contributed by atoms with Gasteiger partial charge in [0.05, 0.1) is 0 Å². The summed E-state index contributed by atoms with van der Waals surface area (Å²) < 4.78 is 16.8. The lowest BCUT2D eigenvalue weighted by Gasteiger charge is -2.18. The van der Waals surface area contributed by atoms with Crippen molar-refractivity contribution in [3.63, 3.8) is 0 Å². The lowest BCUT2D eigenvalue weighted by atomic mass is 10.0. The molecule has 0 aliphatic carbocycles. The summed E-state index contributed by atoms with van der Waals surface area (Å²) in [6.07, 6.45) is 79.6. The zero-order valence-electron chi connectivity index (χ0n) is 46.2. The van der Waals surface area contributed by atoms with Crippen LogP contribution in [0.25, 0.3) is 0 Å². The maximum Gasteiger partial charge on any atom is 0.306 e. The van der Waals surface area contributed by atoms with Crippen LogP contribution in [-0.2, 0) is 28.6 Å². The van der Waals surface area contributed by atoms with E-state index < -0.39 is 6.10 Å². The van der Waals surface area contributed by atoms with Crippen LogP contribution in [0, 0.1) is 0 Å². The Morgan fingerprint density at radius 1 is 0.296 bits per heavy atom. The molecule has 0 aliphatic heterocycles. The number of allylic oxidation sites excluding steroid dienone is 18. The van der Waals surface area contributed by atoms with Crippen LogP contribution < -0.4 is 0 Å². The van der Waals surface area contributed by atoms with Gasteiger partial charge in [0, 0.05) is 19.3 Å². The van der Waals surface area contributed by atoms with Crippen LogP contribution in [0.2, 0.25) is 0 Å². The van der Waals surface area contributed by atoms with Crippen LogP contribution in [0.5, 0.6) is 0 Å². The molecule has 0 spiro atoms. The van der Waals surface area contributed by atoms with Gasteiger partial charge in [-0.15, -0.1) is 0 Å². The van der Waals surface area contributed by atoms with Crippen molar-refractivity contribution in [1.29, 1.82) is 0 Å². The number of carbonyl (C=O) groups excluding carboxylic acids is 3. The smallest absolute Gasteiger partial charge is 0.306 e. The van der Waals surface area contributed by atoms with E-state index in [1.54, 1.807) is 0 Å². The average Bonchev–Trinajstić information content (AvgIpc) is 3.37. The molecule has 0 aromatic carbocycles. The zero-order valence-corrected chi connectivity index (χ0v) is 46.2. The summed E-state index contributed by atoms with van der Waals surface area (Å²) in [6.45, 7) is 6.36. The normalized spacial score (nSPS) is 12.9. The van der Waals surface area contributed by atoms with Gasteiger partial charge in [0.15, 0.2) is 6.10 Å². The molecule has 0 N–H and O–H groups in total. The molecule has 0 saturated heterocycles. The fraction of sp³-hybridized carbons (Fsp3) is 0.677.